The van der Waals surface area contributed by atoms with Crippen molar-refractivity contribution in [3.63, 3.8) is 0 Å². The molecule has 2 amide bonds. The van der Waals surface area contributed by atoms with Gasteiger partial charge in [0.1, 0.15) is 20.8 Å². The number of benzene rings is 2. The first-order valence-corrected chi connectivity index (χ1v) is 14.3. The molecule has 0 bridgehead atoms. The van der Waals surface area contributed by atoms with Gasteiger partial charge in [-0.25, -0.2) is 9.19 Å². The molecule has 3 rings (SSSR count). The SMILES string of the molecule is C=S(C)(=O)NC(=O)c1nc(CN(CCCc2ccccc2)C(=O)c2cc(OC)cc(OC)c2)sc1Cl. The highest BCUT2D eigenvalue weighted by Crippen LogP contribution is 2.28. The van der Waals surface area contributed by atoms with E-state index >= 15 is 0 Å². The number of aromatic nitrogens is 1. The average molecular weight is 550 g/mol. The van der Waals surface area contributed by atoms with Gasteiger partial charge < -0.3 is 14.4 Å². The third-order valence-electron chi connectivity index (χ3n) is 5.10. The fourth-order valence-electron chi connectivity index (χ4n) is 3.44. The normalized spacial score (nSPS) is 12.4. The van der Waals surface area contributed by atoms with Crippen LogP contribution in [-0.2, 0) is 22.7 Å². The maximum atomic E-state index is 13.6. The van der Waals surface area contributed by atoms with Crippen LogP contribution in [0.1, 0.15) is 37.8 Å². The number of methoxy groups -OCH3 is 2. The van der Waals surface area contributed by atoms with Crippen LogP contribution in [0, 0.1) is 0 Å². The Morgan fingerprint density at radius 2 is 1.78 bits per heavy atom. The summed E-state index contributed by atoms with van der Waals surface area (Å²) >= 11 is 7.35. The van der Waals surface area contributed by atoms with Gasteiger partial charge in [-0.15, -0.1) is 11.3 Å². The lowest BCUT2D eigenvalue weighted by Gasteiger charge is -2.22. The van der Waals surface area contributed by atoms with Crippen molar-refractivity contribution in [2.75, 3.05) is 27.0 Å². The van der Waals surface area contributed by atoms with Crippen molar-refractivity contribution in [1.82, 2.24) is 14.6 Å². The molecule has 8 nitrogen and oxygen atoms in total. The minimum atomic E-state index is -2.78. The Balaban J connectivity index is 1.86. The number of hydrogen-bond acceptors (Lipinski definition) is 7. The quantitative estimate of drug-likeness (QED) is 0.362. The molecule has 0 spiro atoms. The van der Waals surface area contributed by atoms with Crippen molar-refractivity contribution in [3.8, 4) is 11.5 Å². The Bertz CT molecular complexity index is 1300. The third kappa shape index (κ3) is 7.71. The lowest BCUT2D eigenvalue weighted by atomic mass is 10.1. The molecule has 0 saturated heterocycles. The number of carbonyl (C=O) groups excluding carboxylic acids is 2. The first-order valence-electron chi connectivity index (χ1n) is 11.0. The highest BCUT2D eigenvalue weighted by molar-refractivity contribution is 7.98. The van der Waals surface area contributed by atoms with E-state index in [0.717, 1.165) is 17.8 Å². The number of amides is 2. The minimum absolute atomic E-state index is 0.0466. The van der Waals surface area contributed by atoms with Gasteiger partial charge in [0, 0.05) is 34.1 Å². The van der Waals surface area contributed by atoms with Crippen LogP contribution >= 0.6 is 22.9 Å². The van der Waals surface area contributed by atoms with Crippen molar-refractivity contribution in [2.45, 2.75) is 19.4 Å². The van der Waals surface area contributed by atoms with Crippen molar-refractivity contribution >= 4 is 50.3 Å². The van der Waals surface area contributed by atoms with Gasteiger partial charge in [-0.2, -0.15) is 0 Å². The summed E-state index contributed by atoms with van der Waals surface area (Å²) in [4.78, 5) is 32.0. The molecule has 1 atom stereocenters. The molecule has 0 radical (unpaired) electrons. The highest BCUT2D eigenvalue weighted by atomic mass is 35.5. The summed E-state index contributed by atoms with van der Waals surface area (Å²) in [6.45, 7) is 0.574. The van der Waals surface area contributed by atoms with Crippen LogP contribution in [0.4, 0.5) is 0 Å². The molecule has 0 aliphatic rings. The van der Waals surface area contributed by atoms with Gasteiger partial charge in [0.25, 0.3) is 11.8 Å². The second-order valence-corrected chi connectivity index (χ2v) is 12.0. The maximum Gasteiger partial charge on any atom is 0.283 e. The zero-order valence-corrected chi connectivity index (χ0v) is 22.7. The van der Waals surface area contributed by atoms with E-state index in [-0.39, 0.29) is 22.5 Å². The smallest absolute Gasteiger partial charge is 0.283 e. The number of aryl methyl sites for hydroxylation is 1. The number of halogens is 1. The number of nitrogens with one attached hydrogen (secondary N) is 1. The molecule has 1 N–H and O–H groups in total. The van der Waals surface area contributed by atoms with Crippen LogP contribution < -0.4 is 14.2 Å². The summed E-state index contributed by atoms with van der Waals surface area (Å²) in [5, 5.41) is 0.472. The van der Waals surface area contributed by atoms with Gasteiger partial charge in [-0.1, -0.05) is 41.9 Å². The Labute approximate surface area is 220 Å². The van der Waals surface area contributed by atoms with Crippen molar-refractivity contribution < 1.29 is 23.3 Å². The molecule has 0 aliphatic carbocycles. The number of ether oxygens (including phenoxy) is 2. The predicted octanol–water partition coefficient (Wildman–Crippen LogP) is 4.08. The lowest BCUT2D eigenvalue weighted by molar-refractivity contribution is 0.0740. The fraction of sp³-hybridized carbons (Fsp3) is 0.280. The molecule has 36 heavy (non-hydrogen) atoms. The highest BCUT2D eigenvalue weighted by Gasteiger charge is 2.23. The summed E-state index contributed by atoms with van der Waals surface area (Å²) in [6.07, 6.45) is 2.80. The van der Waals surface area contributed by atoms with E-state index in [1.54, 1.807) is 23.1 Å². The largest absolute Gasteiger partial charge is 0.497 e. The van der Waals surface area contributed by atoms with E-state index in [1.807, 2.05) is 30.3 Å². The fourth-order valence-corrected chi connectivity index (χ4v) is 5.13. The second-order valence-electron chi connectivity index (χ2n) is 8.08. The topological polar surface area (TPSA) is 97.8 Å². The van der Waals surface area contributed by atoms with E-state index in [1.165, 1.54) is 26.0 Å². The zero-order chi connectivity index (χ0) is 26.3. The second kappa shape index (κ2) is 12.2. The predicted molar refractivity (Wildman–Crippen MR) is 145 cm³/mol. The van der Waals surface area contributed by atoms with Crippen LogP contribution in [0.2, 0.25) is 4.34 Å². The zero-order valence-electron chi connectivity index (χ0n) is 20.3. The standard InChI is InChI=1S/C25H28ClN3O5S2/c1-33-19-13-18(14-20(15-19)34-2)25(31)29(12-8-11-17-9-6-5-7-10-17)16-21-27-22(23(26)35-21)24(30)28-36(3,4)32/h5-7,9-10,13-15H,3,8,11-12,16H2,1-2,4H3,(H,28,30,32). The number of nitrogens with zero attached hydrogens (tertiary/aromatic N) is 2. The Morgan fingerprint density at radius 1 is 1.14 bits per heavy atom. The summed E-state index contributed by atoms with van der Waals surface area (Å²) in [7, 11) is 0.253. The monoisotopic (exact) mass is 549 g/mol. The van der Waals surface area contributed by atoms with E-state index < -0.39 is 15.6 Å². The van der Waals surface area contributed by atoms with E-state index in [4.69, 9.17) is 21.1 Å². The number of carbonyl (C=O) groups is 2. The summed E-state index contributed by atoms with van der Waals surface area (Å²) < 4.78 is 24.9. The van der Waals surface area contributed by atoms with Crippen molar-refractivity contribution in [1.29, 1.82) is 0 Å². The van der Waals surface area contributed by atoms with Crippen LogP contribution in [0.5, 0.6) is 11.5 Å². The van der Waals surface area contributed by atoms with Gasteiger partial charge in [-0.3, -0.25) is 14.3 Å². The number of thiazole rings is 1. The minimum Gasteiger partial charge on any atom is -0.497 e. The molecule has 3 aromatic rings. The lowest BCUT2D eigenvalue weighted by Crippen LogP contribution is -2.32. The van der Waals surface area contributed by atoms with Crippen LogP contribution in [0.3, 0.4) is 0 Å². The van der Waals surface area contributed by atoms with Crippen molar-refractivity contribution in [3.05, 3.63) is 74.7 Å². The average Bonchev–Trinajstić information content (AvgIpc) is 3.22. The van der Waals surface area contributed by atoms with Gasteiger partial charge in [-0.05, 0) is 36.4 Å². The molecule has 0 aliphatic heterocycles. The van der Waals surface area contributed by atoms with Gasteiger partial charge in [0.2, 0.25) is 0 Å². The molecule has 0 saturated carbocycles. The molecule has 1 unspecified atom stereocenters. The molecule has 11 heteroatoms. The number of rotatable bonds is 11. The summed E-state index contributed by atoms with van der Waals surface area (Å²) in [5.41, 5.74) is 1.52. The van der Waals surface area contributed by atoms with E-state index in [9.17, 15) is 13.8 Å². The third-order valence-corrected chi connectivity index (χ3v) is 6.96. The first-order chi connectivity index (χ1) is 17.1. The maximum absolute atomic E-state index is 13.6. The molecule has 192 valence electrons. The molecular weight excluding hydrogens is 522 g/mol. The van der Waals surface area contributed by atoms with Gasteiger partial charge >= 0.3 is 0 Å². The first kappa shape index (κ1) is 27.5. The Hall–Kier alpha value is -3.08. The van der Waals surface area contributed by atoms with Crippen LogP contribution in [0.15, 0.2) is 48.5 Å². The Morgan fingerprint density at radius 3 is 2.36 bits per heavy atom. The summed E-state index contributed by atoms with van der Waals surface area (Å²) in [6, 6.07) is 15.0. The molecule has 1 heterocycles. The molecular formula is C25H28ClN3O5S2. The van der Waals surface area contributed by atoms with Gasteiger partial charge in [0.15, 0.2) is 5.69 Å². The molecule has 2 aromatic carbocycles. The summed E-state index contributed by atoms with van der Waals surface area (Å²) in [5.74, 6) is 3.49. The number of hydrogen-bond donors (Lipinski definition) is 1. The Kier molecular flexibility index (Phi) is 9.36. The van der Waals surface area contributed by atoms with E-state index in [2.05, 4.69) is 15.6 Å². The van der Waals surface area contributed by atoms with Crippen LogP contribution in [0.25, 0.3) is 0 Å². The van der Waals surface area contributed by atoms with Crippen molar-refractivity contribution in [2.24, 2.45) is 0 Å². The van der Waals surface area contributed by atoms with Gasteiger partial charge in [0.05, 0.1) is 20.8 Å². The van der Waals surface area contributed by atoms with Crippen LogP contribution in [-0.4, -0.2) is 58.8 Å². The molecule has 1 aromatic heterocycles. The molecule has 0 fully saturated rings. The van der Waals surface area contributed by atoms with E-state index in [0.29, 0.717) is 35.0 Å².